The van der Waals surface area contributed by atoms with Crippen molar-refractivity contribution in [2.75, 3.05) is 32.8 Å². The number of aliphatic hydroxyl groups excluding tert-OH is 1. The summed E-state index contributed by atoms with van der Waals surface area (Å²) < 4.78 is 0. The summed E-state index contributed by atoms with van der Waals surface area (Å²) in [6, 6.07) is 6.79. The van der Waals surface area contributed by atoms with E-state index in [9.17, 15) is 9.59 Å². The van der Waals surface area contributed by atoms with E-state index >= 15 is 0 Å². The lowest BCUT2D eigenvalue weighted by atomic mass is 9.98. The molecule has 5 heteroatoms. The number of hydrogen-bond acceptors (Lipinski definition) is 4. The Balaban J connectivity index is 1.76. The normalized spacial score (nSPS) is 16.5. The lowest BCUT2D eigenvalue weighted by Crippen LogP contribution is -2.40. The number of nitrogens with one attached hydrogen (secondary N) is 1. The first-order valence-corrected chi connectivity index (χ1v) is 7.82. The molecule has 0 unspecified atom stereocenters. The first-order valence-electron chi connectivity index (χ1n) is 7.82. The fraction of sp³-hybridized carbons (Fsp3) is 0.529. The van der Waals surface area contributed by atoms with Crippen LogP contribution in [0, 0.1) is 5.92 Å². The molecule has 1 aromatic rings. The lowest BCUT2D eigenvalue weighted by molar-refractivity contribution is 0.0939. The number of piperidine rings is 1. The molecular formula is C17H24N2O3. The zero-order valence-electron chi connectivity index (χ0n) is 13.0. The molecule has 0 radical (unpaired) electrons. The summed E-state index contributed by atoms with van der Waals surface area (Å²) in [6.45, 7) is 5.12. The number of aliphatic hydroxyl groups is 1. The predicted octanol–water partition coefficient (Wildman–Crippen LogP) is 1.32. The number of Topliss-reactive ketones (excluding diaryl/α,β-unsaturated/α-hetero) is 1. The molecule has 1 aliphatic heterocycles. The maximum Gasteiger partial charge on any atom is 0.251 e. The van der Waals surface area contributed by atoms with Crippen LogP contribution in [-0.2, 0) is 0 Å². The highest BCUT2D eigenvalue weighted by Gasteiger charge is 2.18. The molecule has 120 valence electrons. The molecule has 1 heterocycles. The van der Waals surface area contributed by atoms with E-state index in [1.165, 1.54) is 6.92 Å². The molecule has 0 saturated carbocycles. The number of carbonyl (C=O) groups excluding carboxylic acids is 2. The first-order chi connectivity index (χ1) is 10.6. The van der Waals surface area contributed by atoms with Crippen LogP contribution < -0.4 is 5.32 Å². The standard InChI is InChI=1S/C17H24N2O3/c1-13(21)15-3-2-4-16(11-15)17(22)18-7-10-19-8-5-14(12-20)6-9-19/h2-4,11,14,20H,5-10,12H2,1H3,(H,18,22). The number of likely N-dealkylation sites (tertiary alicyclic amines) is 1. The summed E-state index contributed by atoms with van der Waals surface area (Å²) in [5, 5.41) is 12.0. The van der Waals surface area contributed by atoms with Crippen molar-refractivity contribution in [3.05, 3.63) is 35.4 Å². The van der Waals surface area contributed by atoms with E-state index in [-0.39, 0.29) is 18.3 Å². The Morgan fingerprint density at radius 2 is 1.95 bits per heavy atom. The van der Waals surface area contributed by atoms with Crippen LogP contribution in [0.15, 0.2) is 24.3 Å². The Kier molecular flexibility index (Phi) is 6.10. The lowest BCUT2D eigenvalue weighted by Gasteiger charge is -2.30. The SMILES string of the molecule is CC(=O)c1cccc(C(=O)NCCN2CCC(CO)CC2)c1. The van der Waals surface area contributed by atoms with Crippen molar-refractivity contribution in [2.45, 2.75) is 19.8 Å². The molecule has 1 fully saturated rings. The summed E-state index contributed by atoms with van der Waals surface area (Å²) in [6.07, 6.45) is 2.04. The minimum Gasteiger partial charge on any atom is -0.396 e. The minimum absolute atomic E-state index is 0.0404. The molecule has 1 aliphatic rings. The Morgan fingerprint density at radius 1 is 1.27 bits per heavy atom. The molecule has 1 saturated heterocycles. The van der Waals surface area contributed by atoms with Gasteiger partial charge in [0.1, 0.15) is 0 Å². The second-order valence-corrected chi connectivity index (χ2v) is 5.86. The van der Waals surface area contributed by atoms with Gasteiger partial charge in [0.05, 0.1) is 0 Å². The van der Waals surface area contributed by atoms with Crippen LogP contribution in [-0.4, -0.2) is 54.5 Å². The van der Waals surface area contributed by atoms with Crippen LogP contribution in [0.1, 0.15) is 40.5 Å². The molecule has 0 atom stereocenters. The topological polar surface area (TPSA) is 69.6 Å². The van der Waals surface area contributed by atoms with E-state index in [1.54, 1.807) is 24.3 Å². The van der Waals surface area contributed by atoms with Crippen molar-refractivity contribution in [2.24, 2.45) is 5.92 Å². The molecular weight excluding hydrogens is 280 g/mol. The molecule has 2 rings (SSSR count). The van der Waals surface area contributed by atoms with Crippen LogP contribution in [0.3, 0.4) is 0 Å². The predicted molar refractivity (Wildman–Crippen MR) is 85.0 cm³/mol. The Labute approximate surface area is 131 Å². The van der Waals surface area contributed by atoms with Gasteiger partial charge in [0, 0.05) is 30.8 Å². The zero-order valence-corrected chi connectivity index (χ0v) is 13.0. The number of hydrogen-bond donors (Lipinski definition) is 2. The zero-order chi connectivity index (χ0) is 15.9. The third-order valence-corrected chi connectivity index (χ3v) is 4.21. The number of nitrogens with zero attached hydrogens (tertiary/aromatic N) is 1. The smallest absolute Gasteiger partial charge is 0.251 e. The van der Waals surface area contributed by atoms with E-state index in [1.807, 2.05) is 0 Å². The van der Waals surface area contributed by atoms with Gasteiger partial charge in [-0.3, -0.25) is 9.59 Å². The second-order valence-electron chi connectivity index (χ2n) is 5.86. The van der Waals surface area contributed by atoms with E-state index in [2.05, 4.69) is 10.2 Å². The molecule has 0 spiro atoms. The van der Waals surface area contributed by atoms with Gasteiger partial charge in [0.25, 0.3) is 5.91 Å². The Bertz CT molecular complexity index is 522. The van der Waals surface area contributed by atoms with E-state index in [0.29, 0.717) is 23.6 Å². The molecule has 0 bridgehead atoms. The maximum atomic E-state index is 12.1. The van der Waals surface area contributed by atoms with Crippen LogP contribution in [0.5, 0.6) is 0 Å². The van der Waals surface area contributed by atoms with Crippen LogP contribution >= 0.6 is 0 Å². The van der Waals surface area contributed by atoms with Gasteiger partial charge in [-0.25, -0.2) is 0 Å². The van der Waals surface area contributed by atoms with Crippen molar-refractivity contribution >= 4 is 11.7 Å². The fourth-order valence-electron chi connectivity index (χ4n) is 2.70. The summed E-state index contributed by atoms with van der Waals surface area (Å²) >= 11 is 0. The van der Waals surface area contributed by atoms with Gasteiger partial charge >= 0.3 is 0 Å². The van der Waals surface area contributed by atoms with E-state index in [0.717, 1.165) is 32.5 Å². The van der Waals surface area contributed by atoms with Gasteiger partial charge in [-0.15, -0.1) is 0 Å². The quantitative estimate of drug-likeness (QED) is 0.778. The Hall–Kier alpha value is -1.72. The summed E-state index contributed by atoms with van der Waals surface area (Å²) in [7, 11) is 0. The molecule has 5 nitrogen and oxygen atoms in total. The maximum absolute atomic E-state index is 12.1. The molecule has 22 heavy (non-hydrogen) atoms. The molecule has 1 aromatic carbocycles. The summed E-state index contributed by atoms with van der Waals surface area (Å²) in [5.41, 5.74) is 1.07. The third-order valence-electron chi connectivity index (χ3n) is 4.21. The van der Waals surface area contributed by atoms with Crippen LogP contribution in [0.4, 0.5) is 0 Å². The van der Waals surface area contributed by atoms with E-state index < -0.39 is 0 Å². The van der Waals surface area contributed by atoms with E-state index in [4.69, 9.17) is 5.11 Å². The number of rotatable bonds is 6. The number of benzene rings is 1. The number of amides is 1. The van der Waals surface area contributed by atoms with Crippen LogP contribution in [0.25, 0.3) is 0 Å². The summed E-state index contributed by atoms with van der Waals surface area (Å²) in [4.78, 5) is 25.7. The van der Waals surface area contributed by atoms with Crippen LogP contribution in [0.2, 0.25) is 0 Å². The van der Waals surface area contributed by atoms with Crippen molar-refractivity contribution < 1.29 is 14.7 Å². The third kappa shape index (κ3) is 4.64. The van der Waals surface area contributed by atoms with Crippen molar-refractivity contribution in [3.63, 3.8) is 0 Å². The largest absolute Gasteiger partial charge is 0.396 e. The molecule has 1 amide bonds. The molecule has 0 aliphatic carbocycles. The average molecular weight is 304 g/mol. The highest BCUT2D eigenvalue weighted by atomic mass is 16.3. The molecule has 0 aromatic heterocycles. The van der Waals surface area contributed by atoms with Gasteiger partial charge in [-0.2, -0.15) is 0 Å². The van der Waals surface area contributed by atoms with Gasteiger partial charge in [0.15, 0.2) is 5.78 Å². The van der Waals surface area contributed by atoms with Gasteiger partial charge in [-0.1, -0.05) is 12.1 Å². The van der Waals surface area contributed by atoms with Crippen molar-refractivity contribution in [1.82, 2.24) is 10.2 Å². The van der Waals surface area contributed by atoms with Crippen molar-refractivity contribution in [1.29, 1.82) is 0 Å². The van der Waals surface area contributed by atoms with Gasteiger partial charge in [-0.05, 0) is 50.9 Å². The average Bonchev–Trinajstić information content (AvgIpc) is 2.55. The monoisotopic (exact) mass is 304 g/mol. The Morgan fingerprint density at radius 3 is 2.59 bits per heavy atom. The number of carbonyl (C=O) groups is 2. The van der Waals surface area contributed by atoms with Crippen molar-refractivity contribution in [3.8, 4) is 0 Å². The highest BCUT2D eigenvalue weighted by Crippen LogP contribution is 2.15. The molecule has 2 N–H and O–H groups in total. The first kappa shape index (κ1) is 16.6. The van der Waals surface area contributed by atoms with Gasteiger partial charge < -0.3 is 15.3 Å². The summed E-state index contributed by atoms with van der Waals surface area (Å²) in [5.74, 6) is 0.245. The van der Waals surface area contributed by atoms with Gasteiger partial charge in [0.2, 0.25) is 0 Å². The fourth-order valence-corrected chi connectivity index (χ4v) is 2.70. The second kappa shape index (κ2) is 8.06. The minimum atomic E-state index is -0.145. The number of ketones is 1. The highest BCUT2D eigenvalue weighted by molar-refractivity contribution is 5.99.